The van der Waals surface area contributed by atoms with Gasteiger partial charge in [0.05, 0.1) is 6.10 Å². The lowest BCUT2D eigenvalue weighted by Crippen LogP contribution is -2.51. The number of aldehydes is 1. The summed E-state index contributed by atoms with van der Waals surface area (Å²) < 4.78 is -0.629. The lowest BCUT2D eigenvalue weighted by atomic mass is 9.78. The third kappa shape index (κ3) is 2.45. The van der Waals surface area contributed by atoms with E-state index in [9.17, 15) is 19.8 Å². The Morgan fingerprint density at radius 1 is 1.50 bits per heavy atom. The fourth-order valence-corrected chi connectivity index (χ4v) is 3.30. The number of aliphatic hydroxyl groups excluding tert-OH is 1. The lowest BCUT2D eigenvalue weighted by Gasteiger charge is -2.38. The van der Waals surface area contributed by atoms with Gasteiger partial charge in [-0.3, -0.25) is 4.79 Å². The van der Waals surface area contributed by atoms with Crippen molar-refractivity contribution in [2.45, 2.75) is 28.5 Å². The summed E-state index contributed by atoms with van der Waals surface area (Å²) in [5.41, 5.74) is -1.45. The molecular weight excluding hydrogens is 414 g/mol. The fourth-order valence-electron chi connectivity index (χ4n) is 1.59. The second kappa shape index (κ2) is 4.71. The number of carbonyl (C=O) groups excluding carboxylic acids is 2. The first-order chi connectivity index (χ1) is 6.40. The SMILES string of the molecule is O=C[C@@H]1C[C@@](O)(C(=O)I)C[C@@H](I)[C@@H]1O. The van der Waals surface area contributed by atoms with Crippen molar-refractivity contribution in [2.75, 3.05) is 0 Å². The molecule has 0 amide bonds. The Hall–Kier alpha value is 0.720. The summed E-state index contributed by atoms with van der Waals surface area (Å²) in [7, 11) is 0. The number of halogens is 2. The van der Waals surface area contributed by atoms with E-state index in [2.05, 4.69) is 0 Å². The molecule has 1 aliphatic carbocycles. The van der Waals surface area contributed by atoms with Gasteiger partial charge in [0.25, 0.3) is 0 Å². The zero-order chi connectivity index (χ0) is 10.9. The molecule has 0 aromatic carbocycles. The van der Waals surface area contributed by atoms with E-state index in [0.29, 0.717) is 6.29 Å². The van der Waals surface area contributed by atoms with Crippen LogP contribution in [-0.2, 0) is 9.59 Å². The molecule has 4 atom stereocenters. The molecule has 6 heteroatoms. The predicted molar refractivity (Wildman–Crippen MR) is 66.6 cm³/mol. The minimum atomic E-state index is -1.45. The molecular formula is C8H10I2O4. The lowest BCUT2D eigenvalue weighted by molar-refractivity contribution is -0.137. The van der Waals surface area contributed by atoms with Crippen molar-refractivity contribution in [1.82, 2.24) is 0 Å². The third-order valence-electron chi connectivity index (χ3n) is 2.46. The quantitative estimate of drug-likeness (QED) is 0.293. The Morgan fingerprint density at radius 2 is 2.07 bits per heavy atom. The largest absolute Gasteiger partial charge is 0.391 e. The van der Waals surface area contributed by atoms with E-state index in [1.165, 1.54) is 22.6 Å². The summed E-state index contributed by atoms with van der Waals surface area (Å²) in [6.07, 6.45) is 0.0870. The van der Waals surface area contributed by atoms with Gasteiger partial charge >= 0.3 is 0 Å². The van der Waals surface area contributed by atoms with Crippen molar-refractivity contribution in [2.24, 2.45) is 5.92 Å². The highest BCUT2D eigenvalue weighted by Crippen LogP contribution is 2.37. The summed E-state index contributed by atoms with van der Waals surface area (Å²) in [4.78, 5) is 21.8. The number of alkyl halides is 1. The number of hydrogen-bond donors (Lipinski definition) is 2. The molecule has 0 aliphatic heterocycles. The van der Waals surface area contributed by atoms with Crippen molar-refractivity contribution >= 4 is 55.3 Å². The second-order valence-corrected chi connectivity index (χ2v) is 6.10. The van der Waals surface area contributed by atoms with E-state index in [1.807, 2.05) is 22.6 Å². The monoisotopic (exact) mass is 424 g/mol. The van der Waals surface area contributed by atoms with E-state index in [-0.39, 0.29) is 20.6 Å². The van der Waals surface area contributed by atoms with Gasteiger partial charge in [-0.1, -0.05) is 22.6 Å². The molecule has 4 nitrogen and oxygen atoms in total. The summed E-state index contributed by atoms with van der Waals surface area (Å²) in [5.74, 6) is -0.644. The molecule has 1 aliphatic rings. The molecule has 1 rings (SSSR count). The van der Waals surface area contributed by atoms with E-state index in [4.69, 9.17) is 0 Å². The summed E-state index contributed by atoms with van der Waals surface area (Å²) in [5, 5.41) is 19.5. The zero-order valence-electron chi connectivity index (χ0n) is 7.19. The second-order valence-electron chi connectivity index (χ2n) is 3.52. The van der Waals surface area contributed by atoms with Crippen LogP contribution in [-0.4, -0.2) is 35.9 Å². The Morgan fingerprint density at radius 3 is 2.50 bits per heavy atom. The first kappa shape index (κ1) is 12.8. The van der Waals surface area contributed by atoms with Gasteiger partial charge in [-0.25, -0.2) is 0 Å². The summed E-state index contributed by atoms with van der Waals surface area (Å²) in [6, 6.07) is 0. The number of rotatable bonds is 2. The predicted octanol–water partition coefficient (Wildman–Crippen LogP) is 0.453. The van der Waals surface area contributed by atoms with Crippen molar-refractivity contribution in [1.29, 1.82) is 0 Å². The maximum atomic E-state index is 11.2. The Balaban J connectivity index is 2.87. The molecule has 80 valence electrons. The fraction of sp³-hybridized carbons (Fsp3) is 0.750. The van der Waals surface area contributed by atoms with E-state index < -0.39 is 17.6 Å². The van der Waals surface area contributed by atoms with Gasteiger partial charge in [-0.15, -0.1) is 0 Å². The Kier molecular flexibility index (Phi) is 4.30. The van der Waals surface area contributed by atoms with Crippen LogP contribution < -0.4 is 0 Å². The molecule has 0 radical (unpaired) electrons. The van der Waals surface area contributed by atoms with E-state index in [0.717, 1.165) is 0 Å². The highest BCUT2D eigenvalue weighted by atomic mass is 127. The van der Waals surface area contributed by atoms with Gasteiger partial charge in [-0.05, 0) is 12.8 Å². The van der Waals surface area contributed by atoms with Crippen LogP contribution in [0.15, 0.2) is 0 Å². The zero-order valence-corrected chi connectivity index (χ0v) is 11.5. The first-order valence-electron chi connectivity index (χ1n) is 4.10. The third-order valence-corrected chi connectivity index (χ3v) is 4.64. The highest BCUT2D eigenvalue weighted by Gasteiger charge is 2.47. The topological polar surface area (TPSA) is 74.6 Å². The van der Waals surface area contributed by atoms with Crippen LogP contribution in [0.4, 0.5) is 0 Å². The van der Waals surface area contributed by atoms with Gasteiger partial charge in [0.15, 0.2) is 0 Å². The number of hydrogen-bond acceptors (Lipinski definition) is 4. The Bertz CT molecular complexity index is 258. The van der Waals surface area contributed by atoms with Crippen LogP contribution >= 0.6 is 45.2 Å². The van der Waals surface area contributed by atoms with Crippen LogP contribution in [0.1, 0.15) is 12.8 Å². The standard InChI is InChI=1S/C8H10I2O4/c9-5-2-8(14,7(10)13)1-4(3-11)6(5)12/h3-6,12,14H,1-2H2/t4-,5+,6+,8-/m0/s1. The molecule has 0 spiro atoms. The smallest absolute Gasteiger partial charge is 0.223 e. The van der Waals surface area contributed by atoms with E-state index >= 15 is 0 Å². The molecule has 0 unspecified atom stereocenters. The van der Waals surface area contributed by atoms with Gasteiger partial charge in [0.2, 0.25) is 3.79 Å². The average molecular weight is 424 g/mol. The molecule has 1 fully saturated rings. The van der Waals surface area contributed by atoms with Crippen LogP contribution in [0.25, 0.3) is 0 Å². The van der Waals surface area contributed by atoms with Crippen LogP contribution in [0.2, 0.25) is 0 Å². The molecule has 14 heavy (non-hydrogen) atoms. The molecule has 2 N–H and O–H groups in total. The van der Waals surface area contributed by atoms with Crippen molar-refractivity contribution in [3.05, 3.63) is 0 Å². The average Bonchev–Trinajstić information content (AvgIpc) is 2.11. The Labute approximate surface area is 109 Å². The van der Waals surface area contributed by atoms with Crippen LogP contribution in [0, 0.1) is 5.92 Å². The maximum absolute atomic E-state index is 11.2. The first-order valence-corrected chi connectivity index (χ1v) is 6.43. The van der Waals surface area contributed by atoms with Gasteiger partial charge in [0.1, 0.15) is 11.9 Å². The normalized spacial score (nSPS) is 43.3. The van der Waals surface area contributed by atoms with Crippen LogP contribution in [0.3, 0.4) is 0 Å². The van der Waals surface area contributed by atoms with E-state index in [1.54, 1.807) is 0 Å². The summed E-state index contributed by atoms with van der Waals surface area (Å²) in [6.45, 7) is 0. The minimum absolute atomic E-state index is 0.0267. The summed E-state index contributed by atoms with van der Waals surface area (Å²) >= 11 is 3.49. The maximum Gasteiger partial charge on any atom is 0.223 e. The van der Waals surface area contributed by atoms with Gasteiger partial charge in [0, 0.05) is 32.4 Å². The molecule has 0 bridgehead atoms. The molecule has 0 heterocycles. The van der Waals surface area contributed by atoms with Crippen molar-refractivity contribution < 1.29 is 19.8 Å². The van der Waals surface area contributed by atoms with Gasteiger partial charge in [-0.2, -0.15) is 0 Å². The number of aliphatic hydroxyl groups is 2. The minimum Gasteiger partial charge on any atom is -0.391 e. The molecule has 0 aromatic rings. The van der Waals surface area contributed by atoms with Crippen molar-refractivity contribution in [3.8, 4) is 0 Å². The van der Waals surface area contributed by atoms with Gasteiger partial charge < -0.3 is 15.0 Å². The highest BCUT2D eigenvalue weighted by molar-refractivity contribution is 14.1. The number of carbonyl (C=O) groups is 2. The van der Waals surface area contributed by atoms with Crippen LogP contribution in [0.5, 0.6) is 0 Å². The molecule has 0 saturated heterocycles. The molecule has 0 aromatic heterocycles. The molecule has 1 saturated carbocycles. The van der Waals surface area contributed by atoms with Crippen molar-refractivity contribution in [3.63, 3.8) is 0 Å².